The predicted octanol–water partition coefficient (Wildman–Crippen LogP) is 3.19. The van der Waals surface area contributed by atoms with Crippen molar-refractivity contribution < 1.29 is 14.3 Å². The summed E-state index contributed by atoms with van der Waals surface area (Å²) in [6.45, 7) is 1.75. The summed E-state index contributed by atoms with van der Waals surface area (Å²) < 4.78 is 10.1. The Morgan fingerprint density at radius 1 is 1.17 bits per heavy atom. The molecule has 122 valence electrons. The fraction of sp³-hybridized carbons (Fsp3) is 0.250. The molecule has 0 radical (unpaired) electrons. The zero-order valence-corrected chi connectivity index (χ0v) is 13.8. The van der Waals surface area contributed by atoms with E-state index in [0.29, 0.717) is 22.3 Å². The molecule has 7 heteroatoms. The van der Waals surface area contributed by atoms with E-state index in [1.54, 1.807) is 50.6 Å². The van der Waals surface area contributed by atoms with Crippen LogP contribution in [0.4, 0.5) is 11.4 Å². The van der Waals surface area contributed by atoms with Crippen molar-refractivity contribution in [1.29, 1.82) is 0 Å². The van der Waals surface area contributed by atoms with Gasteiger partial charge in [0.25, 0.3) is 0 Å². The zero-order valence-electron chi connectivity index (χ0n) is 13.1. The molecule has 2 aromatic rings. The molecule has 0 bridgehead atoms. The maximum absolute atomic E-state index is 12.2. The van der Waals surface area contributed by atoms with Crippen molar-refractivity contribution in [3.05, 3.63) is 41.6 Å². The van der Waals surface area contributed by atoms with Gasteiger partial charge in [0.05, 0.1) is 31.1 Å². The SMILES string of the molecule is COc1ccc(N[C@H](C)C(=O)Nc2ccc(OC)c(Cl)c2)cn1. The summed E-state index contributed by atoms with van der Waals surface area (Å²) in [7, 11) is 3.08. The quantitative estimate of drug-likeness (QED) is 0.848. The zero-order chi connectivity index (χ0) is 16.8. The summed E-state index contributed by atoms with van der Waals surface area (Å²) in [6.07, 6.45) is 1.60. The molecule has 0 unspecified atom stereocenters. The Balaban J connectivity index is 1.97. The molecule has 1 atom stereocenters. The average Bonchev–Trinajstić information content (AvgIpc) is 2.55. The smallest absolute Gasteiger partial charge is 0.246 e. The Hall–Kier alpha value is -2.47. The summed E-state index contributed by atoms with van der Waals surface area (Å²) >= 11 is 6.04. The molecule has 0 aliphatic carbocycles. The number of carbonyl (C=O) groups is 1. The number of carbonyl (C=O) groups excluding carboxylic acids is 1. The minimum atomic E-state index is -0.453. The van der Waals surface area contributed by atoms with Gasteiger partial charge in [-0.15, -0.1) is 0 Å². The molecule has 1 amide bonds. The summed E-state index contributed by atoms with van der Waals surface area (Å²) in [5.41, 5.74) is 1.32. The summed E-state index contributed by atoms with van der Waals surface area (Å²) in [6, 6.07) is 8.12. The number of amides is 1. The van der Waals surface area contributed by atoms with Crippen LogP contribution in [-0.4, -0.2) is 31.2 Å². The van der Waals surface area contributed by atoms with Gasteiger partial charge in [0.1, 0.15) is 11.8 Å². The fourth-order valence-corrected chi connectivity index (χ4v) is 2.15. The molecule has 1 aromatic heterocycles. The number of hydrogen-bond acceptors (Lipinski definition) is 5. The monoisotopic (exact) mass is 335 g/mol. The van der Waals surface area contributed by atoms with E-state index in [9.17, 15) is 4.79 Å². The van der Waals surface area contributed by atoms with Gasteiger partial charge in [-0.05, 0) is 31.2 Å². The number of methoxy groups -OCH3 is 2. The molecule has 0 saturated heterocycles. The van der Waals surface area contributed by atoms with Gasteiger partial charge in [-0.2, -0.15) is 0 Å². The summed E-state index contributed by atoms with van der Waals surface area (Å²) in [4.78, 5) is 16.3. The van der Waals surface area contributed by atoms with Crippen LogP contribution < -0.4 is 20.1 Å². The lowest BCUT2D eigenvalue weighted by Gasteiger charge is -2.15. The molecule has 2 rings (SSSR count). The lowest BCUT2D eigenvalue weighted by Crippen LogP contribution is -2.31. The van der Waals surface area contributed by atoms with Crippen LogP contribution in [0.3, 0.4) is 0 Å². The molecule has 0 spiro atoms. The first-order chi connectivity index (χ1) is 11.0. The molecule has 23 heavy (non-hydrogen) atoms. The Morgan fingerprint density at radius 3 is 2.48 bits per heavy atom. The number of halogens is 1. The predicted molar refractivity (Wildman–Crippen MR) is 90.5 cm³/mol. The van der Waals surface area contributed by atoms with E-state index in [0.717, 1.165) is 5.69 Å². The van der Waals surface area contributed by atoms with Gasteiger partial charge in [-0.3, -0.25) is 4.79 Å². The Morgan fingerprint density at radius 2 is 1.91 bits per heavy atom. The topological polar surface area (TPSA) is 72.5 Å². The van der Waals surface area contributed by atoms with E-state index >= 15 is 0 Å². The van der Waals surface area contributed by atoms with Gasteiger partial charge < -0.3 is 20.1 Å². The Bertz CT molecular complexity index is 677. The van der Waals surface area contributed by atoms with Crippen LogP contribution >= 0.6 is 11.6 Å². The van der Waals surface area contributed by atoms with Crippen LogP contribution in [0.2, 0.25) is 5.02 Å². The number of ether oxygens (including phenoxy) is 2. The van der Waals surface area contributed by atoms with Crippen LogP contribution in [0, 0.1) is 0 Å². The molecule has 0 aliphatic heterocycles. The minimum Gasteiger partial charge on any atom is -0.495 e. The van der Waals surface area contributed by atoms with Crippen LogP contribution in [0.25, 0.3) is 0 Å². The second-order valence-corrected chi connectivity index (χ2v) is 5.20. The van der Waals surface area contributed by atoms with Crippen LogP contribution in [-0.2, 0) is 4.79 Å². The first kappa shape index (κ1) is 16.9. The van der Waals surface area contributed by atoms with E-state index in [1.807, 2.05) is 0 Å². The number of hydrogen-bond donors (Lipinski definition) is 2. The lowest BCUT2D eigenvalue weighted by molar-refractivity contribution is -0.116. The molecule has 1 aromatic carbocycles. The Kier molecular flexibility index (Phi) is 5.65. The highest BCUT2D eigenvalue weighted by molar-refractivity contribution is 6.32. The van der Waals surface area contributed by atoms with Crippen molar-refractivity contribution in [2.75, 3.05) is 24.9 Å². The molecular weight excluding hydrogens is 318 g/mol. The Labute approximate surface area is 139 Å². The van der Waals surface area contributed by atoms with Crippen molar-refractivity contribution in [2.45, 2.75) is 13.0 Å². The highest BCUT2D eigenvalue weighted by Gasteiger charge is 2.14. The standard InChI is InChI=1S/C16H18ClN3O3/c1-10(19-12-5-7-15(23-3)18-9-12)16(21)20-11-4-6-14(22-2)13(17)8-11/h4-10,19H,1-3H3,(H,20,21)/t10-/m1/s1. The van der Waals surface area contributed by atoms with Crippen molar-refractivity contribution in [1.82, 2.24) is 4.98 Å². The van der Waals surface area contributed by atoms with Crippen LogP contribution in [0.15, 0.2) is 36.5 Å². The third-order valence-electron chi connectivity index (χ3n) is 3.14. The van der Waals surface area contributed by atoms with Crippen molar-refractivity contribution >= 4 is 28.9 Å². The first-order valence-electron chi connectivity index (χ1n) is 6.94. The van der Waals surface area contributed by atoms with Crippen LogP contribution in [0.5, 0.6) is 11.6 Å². The van der Waals surface area contributed by atoms with Crippen LogP contribution in [0.1, 0.15) is 6.92 Å². The molecule has 0 saturated carbocycles. The fourth-order valence-electron chi connectivity index (χ4n) is 1.90. The highest BCUT2D eigenvalue weighted by Crippen LogP contribution is 2.27. The number of anilines is 2. The van der Waals surface area contributed by atoms with Gasteiger partial charge in [0, 0.05) is 11.8 Å². The van der Waals surface area contributed by atoms with Gasteiger partial charge in [-0.25, -0.2) is 4.98 Å². The molecular formula is C16H18ClN3O3. The van der Waals surface area contributed by atoms with Crippen molar-refractivity contribution in [3.63, 3.8) is 0 Å². The number of aromatic nitrogens is 1. The number of rotatable bonds is 6. The number of benzene rings is 1. The minimum absolute atomic E-state index is 0.193. The normalized spacial score (nSPS) is 11.5. The van der Waals surface area contributed by atoms with E-state index in [2.05, 4.69) is 15.6 Å². The maximum atomic E-state index is 12.2. The second-order valence-electron chi connectivity index (χ2n) is 4.79. The van der Waals surface area contributed by atoms with E-state index in [4.69, 9.17) is 21.1 Å². The lowest BCUT2D eigenvalue weighted by atomic mass is 10.2. The van der Waals surface area contributed by atoms with Crippen molar-refractivity contribution in [3.8, 4) is 11.6 Å². The van der Waals surface area contributed by atoms with Gasteiger partial charge >= 0.3 is 0 Å². The third-order valence-corrected chi connectivity index (χ3v) is 3.44. The molecule has 1 heterocycles. The van der Waals surface area contributed by atoms with Gasteiger partial charge in [-0.1, -0.05) is 11.6 Å². The number of nitrogens with zero attached hydrogens (tertiary/aromatic N) is 1. The molecule has 0 aliphatic rings. The summed E-state index contributed by atoms with van der Waals surface area (Å²) in [5.74, 6) is 0.878. The molecule has 2 N–H and O–H groups in total. The average molecular weight is 336 g/mol. The molecule has 0 fully saturated rings. The van der Waals surface area contributed by atoms with E-state index in [-0.39, 0.29) is 5.91 Å². The number of pyridine rings is 1. The third kappa shape index (κ3) is 4.50. The van der Waals surface area contributed by atoms with Gasteiger partial charge in [0.15, 0.2) is 0 Å². The largest absolute Gasteiger partial charge is 0.495 e. The maximum Gasteiger partial charge on any atom is 0.246 e. The van der Waals surface area contributed by atoms with Crippen molar-refractivity contribution in [2.24, 2.45) is 0 Å². The second kappa shape index (κ2) is 7.69. The van der Waals surface area contributed by atoms with E-state index in [1.165, 1.54) is 7.11 Å². The number of nitrogens with one attached hydrogen (secondary N) is 2. The highest BCUT2D eigenvalue weighted by atomic mass is 35.5. The van der Waals surface area contributed by atoms with Gasteiger partial charge in [0.2, 0.25) is 11.8 Å². The summed E-state index contributed by atoms with van der Waals surface area (Å²) in [5, 5.41) is 6.29. The van der Waals surface area contributed by atoms with E-state index < -0.39 is 6.04 Å². The first-order valence-corrected chi connectivity index (χ1v) is 7.32. The molecule has 6 nitrogen and oxygen atoms in total.